The zero-order chi connectivity index (χ0) is 11.0. The Bertz CT molecular complexity index is 405. The Morgan fingerprint density at radius 3 is 1.67 bits per heavy atom. The van der Waals surface area contributed by atoms with Crippen LogP contribution in [0.15, 0.2) is 12.1 Å². The number of carbonyl (C=O) groups excluding carboxylic acids is 2. The molecule has 0 radical (unpaired) electrons. The molecule has 1 aliphatic rings. The number of esters is 2. The first-order chi connectivity index (χ1) is 7.19. The topological polar surface area (TPSA) is 43.4 Å². The summed E-state index contributed by atoms with van der Waals surface area (Å²) in [5.74, 6) is -0.996. The summed E-state index contributed by atoms with van der Waals surface area (Å²) in [6, 6.07) is 3.80. The van der Waals surface area contributed by atoms with E-state index in [1.54, 1.807) is 0 Å². The van der Waals surface area contributed by atoms with Crippen LogP contribution >= 0.6 is 0 Å². The SMILES string of the molecule is CCc1ccc(CC)c2c1C(=O)OC2=O. The van der Waals surface area contributed by atoms with Gasteiger partial charge in [0.25, 0.3) is 0 Å². The van der Waals surface area contributed by atoms with Crippen molar-refractivity contribution < 1.29 is 14.3 Å². The van der Waals surface area contributed by atoms with Crippen molar-refractivity contribution in [1.82, 2.24) is 0 Å². The highest BCUT2D eigenvalue weighted by Crippen LogP contribution is 2.27. The molecule has 0 fully saturated rings. The number of aryl methyl sites for hydroxylation is 2. The van der Waals surface area contributed by atoms with E-state index in [4.69, 9.17) is 0 Å². The van der Waals surface area contributed by atoms with E-state index in [0.717, 1.165) is 24.0 Å². The van der Waals surface area contributed by atoms with Crippen LogP contribution in [0, 0.1) is 0 Å². The third kappa shape index (κ3) is 1.35. The fourth-order valence-electron chi connectivity index (χ4n) is 1.93. The molecule has 0 saturated heterocycles. The third-order valence-corrected chi connectivity index (χ3v) is 2.73. The van der Waals surface area contributed by atoms with Crippen LogP contribution in [0.3, 0.4) is 0 Å². The monoisotopic (exact) mass is 204 g/mol. The second-order valence-corrected chi connectivity index (χ2v) is 3.52. The molecule has 3 heteroatoms. The van der Waals surface area contributed by atoms with Crippen LogP contribution in [0.1, 0.15) is 45.7 Å². The Morgan fingerprint density at radius 1 is 0.933 bits per heavy atom. The normalized spacial score (nSPS) is 14.0. The first kappa shape index (κ1) is 9.90. The van der Waals surface area contributed by atoms with E-state index in [9.17, 15) is 9.59 Å². The van der Waals surface area contributed by atoms with E-state index < -0.39 is 11.9 Å². The lowest BCUT2D eigenvalue weighted by atomic mass is 9.95. The predicted octanol–water partition coefficient (Wildman–Crippen LogP) is 2.12. The third-order valence-electron chi connectivity index (χ3n) is 2.73. The lowest BCUT2D eigenvalue weighted by molar-refractivity contribution is 0.0443. The van der Waals surface area contributed by atoms with E-state index in [2.05, 4.69) is 4.74 Å². The first-order valence-electron chi connectivity index (χ1n) is 5.10. The molecule has 0 aliphatic carbocycles. The van der Waals surface area contributed by atoms with Gasteiger partial charge >= 0.3 is 11.9 Å². The number of fused-ring (bicyclic) bond motifs is 1. The fraction of sp³-hybridized carbons (Fsp3) is 0.333. The van der Waals surface area contributed by atoms with E-state index >= 15 is 0 Å². The van der Waals surface area contributed by atoms with Gasteiger partial charge in [-0.15, -0.1) is 0 Å². The molecule has 0 N–H and O–H groups in total. The Kier molecular flexibility index (Phi) is 2.31. The van der Waals surface area contributed by atoms with Gasteiger partial charge in [0.05, 0.1) is 11.1 Å². The van der Waals surface area contributed by atoms with Gasteiger partial charge in [-0.05, 0) is 24.0 Å². The summed E-state index contributed by atoms with van der Waals surface area (Å²) in [7, 11) is 0. The first-order valence-corrected chi connectivity index (χ1v) is 5.10. The second kappa shape index (κ2) is 3.50. The Morgan fingerprint density at radius 2 is 1.33 bits per heavy atom. The van der Waals surface area contributed by atoms with Gasteiger partial charge in [0.15, 0.2) is 0 Å². The quantitative estimate of drug-likeness (QED) is 0.547. The van der Waals surface area contributed by atoms with Crippen molar-refractivity contribution in [2.45, 2.75) is 26.7 Å². The van der Waals surface area contributed by atoms with Gasteiger partial charge < -0.3 is 4.74 Å². The summed E-state index contributed by atoms with van der Waals surface area (Å²) < 4.78 is 4.64. The molecule has 0 bridgehead atoms. The summed E-state index contributed by atoms with van der Waals surface area (Å²) in [6.07, 6.45) is 1.46. The molecule has 15 heavy (non-hydrogen) atoms. The van der Waals surface area contributed by atoms with Crippen LogP contribution in [0.5, 0.6) is 0 Å². The fourth-order valence-corrected chi connectivity index (χ4v) is 1.93. The van der Waals surface area contributed by atoms with Crippen molar-refractivity contribution in [2.75, 3.05) is 0 Å². The van der Waals surface area contributed by atoms with E-state index in [1.165, 1.54) is 0 Å². The smallest absolute Gasteiger partial charge is 0.347 e. The van der Waals surface area contributed by atoms with Crippen molar-refractivity contribution in [2.24, 2.45) is 0 Å². The molecule has 0 saturated carbocycles. The number of carbonyl (C=O) groups is 2. The molecule has 3 nitrogen and oxygen atoms in total. The molecule has 0 aromatic heterocycles. The average molecular weight is 204 g/mol. The van der Waals surface area contributed by atoms with Gasteiger partial charge in [-0.1, -0.05) is 26.0 Å². The molecule has 1 aromatic rings. The number of benzene rings is 1. The van der Waals surface area contributed by atoms with Gasteiger partial charge in [0, 0.05) is 0 Å². The highest BCUT2D eigenvalue weighted by Gasteiger charge is 2.33. The molecule has 0 atom stereocenters. The van der Waals surface area contributed by atoms with Crippen LogP contribution < -0.4 is 0 Å². The lowest BCUT2D eigenvalue weighted by Crippen LogP contribution is -2.01. The van der Waals surface area contributed by atoms with Crippen LogP contribution in [-0.4, -0.2) is 11.9 Å². The number of hydrogen-bond acceptors (Lipinski definition) is 3. The van der Waals surface area contributed by atoms with E-state index in [1.807, 2.05) is 26.0 Å². The minimum atomic E-state index is -0.498. The molecule has 1 heterocycles. The zero-order valence-electron chi connectivity index (χ0n) is 8.79. The lowest BCUT2D eigenvalue weighted by Gasteiger charge is -2.05. The Labute approximate surface area is 88.1 Å². The number of cyclic esters (lactones) is 2. The molecule has 0 amide bonds. The van der Waals surface area contributed by atoms with Crippen LogP contribution in [-0.2, 0) is 17.6 Å². The minimum absolute atomic E-state index is 0.474. The predicted molar refractivity (Wildman–Crippen MR) is 54.9 cm³/mol. The number of ether oxygens (including phenoxy) is 1. The Hall–Kier alpha value is -1.64. The molecular weight excluding hydrogens is 192 g/mol. The van der Waals surface area contributed by atoms with Gasteiger partial charge in [0.2, 0.25) is 0 Å². The zero-order valence-corrected chi connectivity index (χ0v) is 8.79. The summed E-state index contributed by atoms with van der Waals surface area (Å²) in [5.41, 5.74) is 2.72. The van der Waals surface area contributed by atoms with E-state index in [0.29, 0.717) is 11.1 Å². The van der Waals surface area contributed by atoms with Crippen molar-refractivity contribution in [3.63, 3.8) is 0 Å². The van der Waals surface area contributed by atoms with Gasteiger partial charge in [-0.2, -0.15) is 0 Å². The maximum Gasteiger partial charge on any atom is 0.347 e. The maximum atomic E-state index is 11.5. The summed E-state index contributed by atoms with van der Waals surface area (Å²) in [5, 5.41) is 0. The molecule has 2 rings (SSSR count). The number of rotatable bonds is 2. The second-order valence-electron chi connectivity index (χ2n) is 3.52. The van der Waals surface area contributed by atoms with Crippen molar-refractivity contribution in [3.8, 4) is 0 Å². The van der Waals surface area contributed by atoms with Gasteiger partial charge in [0.1, 0.15) is 0 Å². The molecular formula is C12H12O3. The maximum absolute atomic E-state index is 11.5. The number of hydrogen-bond donors (Lipinski definition) is 0. The summed E-state index contributed by atoms with van der Waals surface area (Å²) in [6.45, 7) is 3.91. The standard InChI is InChI=1S/C12H12O3/c1-3-7-5-6-8(4-2)10-9(7)11(13)15-12(10)14/h5-6H,3-4H2,1-2H3. The summed E-state index contributed by atoms with van der Waals surface area (Å²) >= 11 is 0. The van der Waals surface area contributed by atoms with Crippen molar-refractivity contribution in [1.29, 1.82) is 0 Å². The molecule has 0 spiro atoms. The largest absolute Gasteiger partial charge is 0.386 e. The highest BCUT2D eigenvalue weighted by molar-refractivity contribution is 6.16. The Balaban J connectivity index is 2.72. The molecule has 0 unspecified atom stereocenters. The van der Waals surface area contributed by atoms with Crippen molar-refractivity contribution >= 4 is 11.9 Å². The van der Waals surface area contributed by atoms with Crippen LogP contribution in [0.25, 0.3) is 0 Å². The van der Waals surface area contributed by atoms with Crippen molar-refractivity contribution in [3.05, 3.63) is 34.4 Å². The van der Waals surface area contributed by atoms with Gasteiger partial charge in [-0.25, -0.2) is 9.59 Å². The van der Waals surface area contributed by atoms with Crippen LogP contribution in [0.2, 0.25) is 0 Å². The molecule has 1 aromatic carbocycles. The highest BCUT2D eigenvalue weighted by atomic mass is 16.6. The van der Waals surface area contributed by atoms with Crippen LogP contribution in [0.4, 0.5) is 0 Å². The molecule has 78 valence electrons. The average Bonchev–Trinajstić information content (AvgIpc) is 2.54. The van der Waals surface area contributed by atoms with E-state index in [-0.39, 0.29) is 0 Å². The molecule has 1 aliphatic heterocycles. The van der Waals surface area contributed by atoms with Gasteiger partial charge in [-0.3, -0.25) is 0 Å². The minimum Gasteiger partial charge on any atom is -0.386 e. The summed E-state index contributed by atoms with van der Waals surface area (Å²) in [4.78, 5) is 23.0.